The van der Waals surface area contributed by atoms with Crippen molar-refractivity contribution in [3.05, 3.63) is 18.0 Å². The van der Waals surface area contributed by atoms with Crippen molar-refractivity contribution in [1.82, 2.24) is 14.7 Å². The van der Waals surface area contributed by atoms with E-state index >= 15 is 0 Å². The molecule has 2 N–H and O–H groups in total. The lowest BCUT2D eigenvalue weighted by molar-refractivity contribution is -0.132. The van der Waals surface area contributed by atoms with Crippen molar-refractivity contribution >= 4 is 5.91 Å². The molecule has 1 rings (SSSR count). The van der Waals surface area contributed by atoms with Crippen LogP contribution in [0.4, 0.5) is 0 Å². The first kappa shape index (κ1) is 15.7. The van der Waals surface area contributed by atoms with Crippen molar-refractivity contribution in [2.45, 2.75) is 45.6 Å². The molecule has 1 aromatic heterocycles. The van der Waals surface area contributed by atoms with Gasteiger partial charge in [-0.2, -0.15) is 5.10 Å². The first-order valence-electron chi connectivity index (χ1n) is 7.13. The maximum Gasteiger partial charge on any atom is 0.244 e. The highest BCUT2D eigenvalue weighted by molar-refractivity contribution is 5.82. The van der Waals surface area contributed by atoms with E-state index in [9.17, 15) is 4.79 Å². The van der Waals surface area contributed by atoms with E-state index in [1.807, 2.05) is 11.9 Å². The molecule has 0 aliphatic carbocycles. The summed E-state index contributed by atoms with van der Waals surface area (Å²) in [4.78, 5) is 14.3. The highest BCUT2D eigenvalue weighted by atomic mass is 16.2. The zero-order chi connectivity index (χ0) is 14.3. The number of hydrogen-bond donors (Lipinski definition) is 1. The summed E-state index contributed by atoms with van der Waals surface area (Å²) in [5.41, 5.74) is 6.83. The Bertz CT molecular complexity index is 381. The van der Waals surface area contributed by atoms with Gasteiger partial charge < -0.3 is 10.6 Å². The molecule has 0 bridgehead atoms. The van der Waals surface area contributed by atoms with Crippen LogP contribution >= 0.6 is 0 Å². The number of carbonyl (C=O) groups excluding carboxylic acids is 1. The second kappa shape index (κ2) is 7.94. The topological polar surface area (TPSA) is 64.2 Å². The van der Waals surface area contributed by atoms with Crippen LogP contribution in [0.15, 0.2) is 12.4 Å². The Kier molecular flexibility index (Phi) is 6.56. The number of hydrogen-bond acceptors (Lipinski definition) is 3. The molecule has 0 spiro atoms. The molecule has 0 aromatic carbocycles. The first-order valence-corrected chi connectivity index (χ1v) is 7.13. The van der Waals surface area contributed by atoms with Crippen molar-refractivity contribution in [2.24, 2.45) is 12.8 Å². The second-order valence-corrected chi connectivity index (χ2v) is 4.96. The van der Waals surface area contributed by atoms with Crippen LogP contribution in [-0.4, -0.2) is 33.7 Å². The fourth-order valence-corrected chi connectivity index (χ4v) is 1.97. The van der Waals surface area contributed by atoms with E-state index < -0.39 is 6.04 Å². The van der Waals surface area contributed by atoms with Gasteiger partial charge in [0.15, 0.2) is 0 Å². The largest absolute Gasteiger partial charge is 0.341 e. The third kappa shape index (κ3) is 4.67. The van der Waals surface area contributed by atoms with Gasteiger partial charge in [-0.3, -0.25) is 9.48 Å². The van der Waals surface area contributed by atoms with Gasteiger partial charge in [0.25, 0.3) is 0 Å². The molecule has 1 amide bonds. The zero-order valence-corrected chi connectivity index (χ0v) is 12.3. The van der Waals surface area contributed by atoms with E-state index in [0.717, 1.165) is 44.3 Å². The summed E-state index contributed by atoms with van der Waals surface area (Å²) in [6, 6.07) is -0.595. The average Bonchev–Trinajstić information content (AvgIpc) is 2.84. The van der Waals surface area contributed by atoms with Gasteiger partial charge in [0.05, 0.1) is 6.20 Å². The molecule has 0 aliphatic heterocycles. The zero-order valence-electron chi connectivity index (χ0n) is 12.3. The quantitative estimate of drug-likeness (QED) is 0.781. The van der Waals surface area contributed by atoms with Gasteiger partial charge in [-0.05, 0) is 12.8 Å². The normalized spacial score (nSPS) is 12.4. The molecule has 1 atom stereocenters. The van der Waals surface area contributed by atoms with Crippen LogP contribution in [0.5, 0.6) is 0 Å². The third-order valence-electron chi connectivity index (χ3n) is 3.22. The molecular formula is C14H26N4O. The molecule has 0 fully saturated rings. The Morgan fingerprint density at radius 1 is 1.37 bits per heavy atom. The number of amides is 1. The van der Waals surface area contributed by atoms with Gasteiger partial charge in [-0.15, -0.1) is 0 Å². The Labute approximate surface area is 115 Å². The lowest BCUT2D eigenvalue weighted by Crippen LogP contribution is -2.39. The van der Waals surface area contributed by atoms with E-state index in [2.05, 4.69) is 18.9 Å². The maximum absolute atomic E-state index is 12.4. The van der Waals surface area contributed by atoms with Crippen LogP contribution in [0, 0.1) is 0 Å². The van der Waals surface area contributed by atoms with Gasteiger partial charge in [-0.25, -0.2) is 0 Å². The number of nitrogens with zero attached hydrogens (tertiary/aromatic N) is 3. The minimum atomic E-state index is -0.595. The van der Waals surface area contributed by atoms with E-state index in [0.29, 0.717) is 0 Å². The summed E-state index contributed by atoms with van der Waals surface area (Å²) in [7, 11) is 1.83. The van der Waals surface area contributed by atoms with E-state index in [1.54, 1.807) is 17.1 Å². The van der Waals surface area contributed by atoms with Crippen molar-refractivity contribution in [3.8, 4) is 0 Å². The standard InChI is InChI=1S/C14H26N4O/c1-4-6-8-18(9-7-5-2)14(19)13(15)12-10-16-17(3)11-12/h10-11,13H,4-9,15H2,1-3H3. The Balaban J connectivity index is 2.68. The number of nitrogens with two attached hydrogens (primary N) is 1. The summed E-state index contributed by atoms with van der Waals surface area (Å²) in [6.45, 7) is 5.85. The van der Waals surface area contributed by atoms with Crippen molar-refractivity contribution in [3.63, 3.8) is 0 Å². The molecule has 108 valence electrons. The third-order valence-corrected chi connectivity index (χ3v) is 3.22. The molecule has 5 heteroatoms. The molecular weight excluding hydrogens is 240 g/mol. The summed E-state index contributed by atoms with van der Waals surface area (Å²) < 4.78 is 1.67. The minimum Gasteiger partial charge on any atom is -0.341 e. The molecule has 1 aromatic rings. The fraction of sp³-hybridized carbons (Fsp3) is 0.714. The molecule has 19 heavy (non-hydrogen) atoms. The van der Waals surface area contributed by atoms with E-state index in [-0.39, 0.29) is 5.91 Å². The molecule has 5 nitrogen and oxygen atoms in total. The number of carbonyl (C=O) groups is 1. The van der Waals surface area contributed by atoms with Crippen LogP contribution in [0.2, 0.25) is 0 Å². The lowest BCUT2D eigenvalue weighted by atomic mass is 10.1. The van der Waals surface area contributed by atoms with Gasteiger partial charge in [0, 0.05) is 31.9 Å². The number of aryl methyl sites for hydroxylation is 1. The molecule has 0 radical (unpaired) electrons. The summed E-state index contributed by atoms with van der Waals surface area (Å²) in [5, 5.41) is 4.07. The minimum absolute atomic E-state index is 0.00917. The molecule has 1 unspecified atom stereocenters. The summed E-state index contributed by atoms with van der Waals surface area (Å²) >= 11 is 0. The average molecular weight is 266 g/mol. The van der Waals surface area contributed by atoms with Crippen LogP contribution in [-0.2, 0) is 11.8 Å². The van der Waals surface area contributed by atoms with Crippen LogP contribution in [0.3, 0.4) is 0 Å². The number of unbranched alkanes of at least 4 members (excludes halogenated alkanes) is 2. The van der Waals surface area contributed by atoms with Crippen molar-refractivity contribution < 1.29 is 4.79 Å². The molecule has 0 saturated heterocycles. The number of rotatable bonds is 8. The Morgan fingerprint density at radius 2 is 1.95 bits per heavy atom. The first-order chi connectivity index (χ1) is 9.10. The number of aromatic nitrogens is 2. The monoisotopic (exact) mass is 266 g/mol. The molecule has 1 heterocycles. The maximum atomic E-state index is 12.4. The Hall–Kier alpha value is -1.36. The fourth-order valence-electron chi connectivity index (χ4n) is 1.97. The molecule has 0 saturated carbocycles. The van der Waals surface area contributed by atoms with Crippen LogP contribution in [0.25, 0.3) is 0 Å². The highest BCUT2D eigenvalue weighted by Crippen LogP contribution is 2.13. The predicted molar refractivity (Wildman–Crippen MR) is 76.5 cm³/mol. The second-order valence-electron chi connectivity index (χ2n) is 4.96. The summed E-state index contributed by atoms with van der Waals surface area (Å²) in [6.07, 6.45) is 7.68. The lowest BCUT2D eigenvalue weighted by Gasteiger charge is -2.25. The van der Waals surface area contributed by atoms with Gasteiger partial charge in [0.2, 0.25) is 5.91 Å². The van der Waals surface area contributed by atoms with E-state index in [4.69, 9.17) is 5.73 Å². The smallest absolute Gasteiger partial charge is 0.244 e. The van der Waals surface area contributed by atoms with Gasteiger partial charge in [-0.1, -0.05) is 26.7 Å². The predicted octanol–water partition coefficient (Wildman–Crippen LogP) is 1.85. The van der Waals surface area contributed by atoms with Crippen LogP contribution in [0.1, 0.15) is 51.1 Å². The SMILES string of the molecule is CCCCN(CCCC)C(=O)C(N)c1cnn(C)c1. The highest BCUT2D eigenvalue weighted by Gasteiger charge is 2.22. The molecule has 0 aliphatic rings. The van der Waals surface area contributed by atoms with Gasteiger partial charge in [0.1, 0.15) is 6.04 Å². The van der Waals surface area contributed by atoms with Crippen LogP contribution < -0.4 is 5.73 Å². The van der Waals surface area contributed by atoms with Crippen molar-refractivity contribution in [2.75, 3.05) is 13.1 Å². The summed E-state index contributed by atoms with van der Waals surface area (Å²) in [5.74, 6) is 0.00917. The Morgan fingerprint density at radius 3 is 2.37 bits per heavy atom. The van der Waals surface area contributed by atoms with E-state index in [1.165, 1.54) is 0 Å². The van der Waals surface area contributed by atoms with Gasteiger partial charge >= 0.3 is 0 Å². The van der Waals surface area contributed by atoms with Crippen molar-refractivity contribution in [1.29, 1.82) is 0 Å².